The van der Waals surface area contributed by atoms with Crippen molar-refractivity contribution >= 4 is 51.3 Å². The maximum absolute atomic E-state index is 12.2. The van der Waals surface area contributed by atoms with Crippen molar-refractivity contribution in [1.29, 1.82) is 0 Å². The van der Waals surface area contributed by atoms with Crippen LogP contribution in [0.2, 0.25) is 10.0 Å². The highest BCUT2D eigenvalue weighted by Gasteiger charge is 2.18. The number of hydrogen-bond donors (Lipinski definition) is 0. The van der Waals surface area contributed by atoms with Gasteiger partial charge >= 0.3 is 0 Å². The van der Waals surface area contributed by atoms with Gasteiger partial charge in [-0.1, -0.05) is 42.3 Å². The summed E-state index contributed by atoms with van der Waals surface area (Å²) in [6, 6.07) is 13.0. The molecule has 0 aliphatic rings. The van der Waals surface area contributed by atoms with Crippen LogP contribution in [0.4, 0.5) is 10.8 Å². The number of rotatable bonds is 6. The van der Waals surface area contributed by atoms with Gasteiger partial charge in [-0.25, -0.2) is 4.98 Å². The molecule has 1 amide bonds. The second-order valence-electron chi connectivity index (χ2n) is 5.86. The number of ether oxygens (including phenoxy) is 1. The van der Waals surface area contributed by atoms with Crippen LogP contribution in [0.15, 0.2) is 47.8 Å². The minimum Gasteiger partial charge on any atom is -0.486 e. The first-order valence-corrected chi connectivity index (χ1v) is 10.0. The van der Waals surface area contributed by atoms with E-state index in [0.29, 0.717) is 20.9 Å². The van der Waals surface area contributed by atoms with Crippen molar-refractivity contribution in [1.82, 2.24) is 4.98 Å². The van der Waals surface area contributed by atoms with Crippen molar-refractivity contribution < 1.29 is 9.53 Å². The van der Waals surface area contributed by atoms with E-state index >= 15 is 0 Å². The van der Waals surface area contributed by atoms with Crippen LogP contribution in [0.1, 0.15) is 25.1 Å². The Morgan fingerprint density at radius 3 is 2.56 bits per heavy atom. The van der Waals surface area contributed by atoms with Crippen molar-refractivity contribution in [2.75, 3.05) is 4.90 Å². The Morgan fingerprint density at radius 2 is 1.93 bits per heavy atom. The van der Waals surface area contributed by atoms with E-state index in [2.05, 4.69) is 11.9 Å². The summed E-state index contributed by atoms with van der Waals surface area (Å²) in [5.74, 6) is 0.441. The summed E-state index contributed by atoms with van der Waals surface area (Å²) < 4.78 is 5.72. The molecule has 4 nitrogen and oxygen atoms in total. The van der Waals surface area contributed by atoms with Gasteiger partial charge in [-0.05, 0) is 42.3 Å². The number of aromatic nitrogens is 1. The number of aryl methyl sites for hydroxylation is 1. The SMILES string of the molecule is CCc1ccc(N(C(C)=O)c2nc(COc3ccc(Cl)cc3Cl)cs2)cc1. The predicted molar refractivity (Wildman–Crippen MR) is 112 cm³/mol. The van der Waals surface area contributed by atoms with Crippen LogP contribution in [0.25, 0.3) is 0 Å². The molecule has 0 saturated carbocycles. The van der Waals surface area contributed by atoms with Crippen molar-refractivity contribution in [3.8, 4) is 5.75 Å². The topological polar surface area (TPSA) is 42.4 Å². The summed E-state index contributed by atoms with van der Waals surface area (Å²) in [7, 11) is 0. The minimum atomic E-state index is -0.0955. The van der Waals surface area contributed by atoms with Crippen LogP contribution in [0.5, 0.6) is 5.75 Å². The Balaban J connectivity index is 1.76. The molecule has 3 rings (SSSR count). The average molecular weight is 421 g/mol. The zero-order valence-electron chi connectivity index (χ0n) is 14.9. The first-order chi connectivity index (χ1) is 13.0. The second kappa shape index (κ2) is 8.74. The average Bonchev–Trinajstić information content (AvgIpc) is 3.10. The molecule has 2 aromatic carbocycles. The molecule has 0 atom stereocenters. The molecular weight excluding hydrogens is 403 g/mol. The first-order valence-electron chi connectivity index (χ1n) is 8.40. The number of benzene rings is 2. The number of halogens is 2. The molecule has 0 radical (unpaired) electrons. The maximum atomic E-state index is 12.2. The molecule has 0 aliphatic heterocycles. The van der Waals surface area contributed by atoms with Gasteiger partial charge < -0.3 is 4.74 Å². The highest BCUT2D eigenvalue weighted by atomic mass is 35.5. The van der Waals surface area contributed by atoms with E-state index in [1.54, 1.807) is 23.1 Å². The Kier molecular flexibility index (Phi) is 6.37. The first kappa shape index (κ1) is 19.7. The molecule has 0 fully saturated rings. The van der Waals surface area contributed by atoms with Gasteiger partial charge in [0.15, 0.2) is 5.13 Å². The van der Waals surface area contributed by atoms with Gasteiger partial charge in [-0.3, -0.25) is 9.69 Å². The molecule has 0 saturated heterocycles. The van der Waals surface area contributed by atoms with Gasteiger partial charge in [-0.15, -0.1) is 11.3 Å². The van der Waals surface area contributed by atoms with E-state index in [1.807, 2.05) is 29.6 Å². The Hall–Kier alpha value is -2.08. The summed E-state index contributed by atoms with van der Waals surface area (Å²) >= 11 is 13.4. The number of nitrogens with zero attached hydrogens (tertiary/aromatic N) is 2. The smallest absolute Gasteiger partial charge is 0.230 e. The number of hydrogen-bond acceptors (Lipinski definition) is 4. The van der Waals surface area contributed by atoms with E-state index < -0.39 is 0 Å². The standard InChI is InChI=1S/C20H18Cl2N2O2S/c1-3-14-4-7-17(8-5-14)24(13(2)25)20-23-16(12-27-20)11-26-19-9-6-15(21)10-18(19)22/h4-10,12H,3,11H2,1-2H3. The van der Waals surface area contributed by atoms with E-state index in [0.717, 1.165) is 17.8 Å². The van der Waals surface area contributed by atoms with Gasteiger partial charge in [0, 0.05) is 17.3 Å². The van der Waals surface area contributed by atoms with Crippen LogP contribution in [-0.2, 0) is 17.8 Å². The quantitative estimate of drug-likeness (QED) is 0.471. The summed E-state index contributed by atoms with van der Waals surface area (Å²) in [6.45, 7) is 3.87. The Morgan fingerprint density at radius 1 is 1.19 bits per heavy atom. The van der Waals surface area contributed by atoms with Crippen molar-refractivity contribution in [3.63, 3.8) is 0 Å². The summed E-state index contributed by atoms with van der Waals surface area (Å²) in [5.41, 5.74) is 2.73. The largest absolute Gasteiger partial charge is 0.486 e. The molecule has 7 heteroatoms. The number of thiazole rings is 1. The van der Waals surface area contributed by atoms with Gasteiger partial charge in [0.1, 0.15) is 12.4 Å². The molecule has 0 spiro atoms. The van der Waals surface area contributed by atoms with Crippen LogP contribution in [0.3, 0.4) is 0 Å². The summed E-state index contributed by atoms with van der Waals surface area (Å²) in [5, 5.41) is 3.47. The second-order valence-corrected chi connectivity index (χ2v) is 7.54. The third kappa shape index (κ3) is 4.80. The number of anilines is 2. The lowest BCUT2D eigenvalue weighted by Crippen LogP contribution is -2.22. The molecule has 0 N–H and O–H groups in total. The van der Waals surface area contributed by atoms with Crippen LogP contribution < -0.4 is 9.64 Å². The highest BCUT2D eigenvalue weighted by molar-refractivity contribution is 7.14. The lowest BCUT2D eigenvalue weighted by Gasteiger charge is -2.18. The zero-order valence-corrected chi connectivity index (χ0v) is 17.2. The number of amides is 1. The Labute approximate surface area is 172 Å². The van der Waals surface area contributed by atoms with Crippen molar-refractivity contribution in [3.05, 3.63) is 69.1 Å². The summed E-state index contributed by atoms with van der Waals surface area (Å²) in [6.07, 6.45) is 0.951. The fraction of sp³-hybridized carbons (Fsp3) is 0.200. The molecule has 0 aliphatic carbocycles. The van der Waals surface area contributed by atoms with Crippen molar-refractivity contribution in [2.24, 2.45) is 0 Å². The molecule has 140 valence electrons. The lowest BCUT2D eigenvalue weighted by molar-refractivity contribution is -0.115. The molecular formula is C20H18Cl2N2O2S. The highest BCUT2D eigenvalue weighted by Crippen LogP contribution is 2.31. The molecule has 3 aromatic rings. The van der Waals surface area contributed by atoms with E-state index in [4.69, 9.17) is 27.9 Å². The van der Waals surface area contributed by atoms with Crippen molar-refractivity contribution in [2.45, 2.75) is 26.9 Å². The van der Waals surface area contributed by atoms with Crippen LogP contribution in [0, 0.1) is 0 Å². The van der Waals surface area contributed by atoms with Crippen LogP contribution in [-0.4, -0.2) is 10.9 Å². The van der Waals surface area contributed by atoms with E-state index in [1.165, 1.54) is 23.8 Å². The Bertz CT molecular complexity index is 941. The fourth-order valence-electron chi connectivity index (χ4n) is 2.52. The molecule has 1 heterocycles. The molecule has 27 heavy (non-hydrogen) atoms. The van der Waals surface area contributed by atoms with E-state index in [9.17, 15) is 4.79 Å². The van der Waals surface area contributed by atoms with Gasteiger partial charge in [0.2, 0.25) is 5.91 Å². The number of carbonyl (C=O) groups excluding carboxylic acids is 1. The van der Waals surface area contributed by atoms with Gasteiger partial charge in [0.25, 0.3) is 0 Å². The van der Waals surface area contributed by atoms with Gasteiger partial charge in [-0.2, -0.15) is 0 Å². The number of carbonyl (C=O) groups is 1. The lowest BCUT2D eigenvalue weighted by atomic mass is 10.1. The normalized spacial score (nSPS) is 10.7. The maximum Gasteiger partial charge on any atom is 0.230 e. The van der Waals surface area contributed by atoms with Crippen LogP contribution >= 0.6 is 34.5 Å². The summed E-state index contributed by atoms with van der Waals surface area (Å²) in [4.78, 5) is 18.3. The van der Waals surface area contributed by atoms with Gasteiger partial charge in [0.05, 0.1) is 16.4 Å². The molecule has 1 aromatic heterocycles. The predicted octanol–water partition coefficient (Wildman–Crippen LogP) is 6.28. The fourth-order valence-corrected chi connectivity index (χ4v) is 3.85. The zero-order chi connectivity index (χ0) is 19.4. The van der Waals surface area contributed by atoms with E-state index in [-0.39, 0.29) is 12.5 Å². The molecule has 0 bridgehead atoms. The molecule has 0 unspecified atom stereocenters. The minimum absolute atomic E-state index is 0.0955. The third-order valence-electron chi connectivity index (χ3n) is 3.92. The monoisotopic (exact) mass is 420 g/mol. The third-order valence-corrected chi connectivity index (χ3v) is 5.32.